The summed E-state index contributed by atoms with van der Waals surface area (Å²) in [7, 11) is 0. The van der Waals surface area contributed by atoms with Gasteiger partial charge in [0, 0.05) is 6.42 Å². The van der Waals surface area contributed by atoms with Crippen molar-refractivity contribution in [2.45, 2.75) is 135 Å². The van der Waals surface area contributed by atoms with E-state index in [0.717, 1.165) is 19.3 Å². The highest BCUT2D eigenvalue weighted by Gasteiger charge is 1.96. The van der Waals surface area contributed by atoms with Crippen LogP contribution in [0.5, 0.6) is 0 Å². The summed E-state index contributed by atoms with van der Waals surface area (Å²) in [5, 5.41) is 8.58. The van der Waals surface area contributed by atoms with Crippen LogP contribution in [-0.4, -0.2) is 11.1 Å². The lowest BCUT2D eigenvalue weighted by atomic mass is 10.1. The van der Waals surface area contributed by atoms with E-state index in [1.54, 1.807) is 0 Å². The summed E-state index contributed by atoms with van der Waals surface area (Å²) in [5.41, 5.74) is 0. The second-order valence-electron chi connectivity index (χ2n) is 8.54. The van der Waals surface area contributed by atoms with E-state index in [1.165, 1.54) is 103 Å². The molecule has 0 spiro atoms. The highest BCUT2D eigenvalue weighted by molar-refractivity contribution is 5.66. The largest absolute Gasteiger partial charge is 0.481 e. The number of carbonyl (C=O) groups is 1. The monoisotopic (exact) mass is 418 g/mol. The van der Waals surface area contributed by atoms with E-state index >= 15 is 0 Å². The molecule has 0 aromatic rings. The molecule has 174 valence electrons. The predicted octanol–water partition coefficient (Wildman–Crippen LogP) is 9.56. The molecule has 0 atom stereocenters. The molecule has 0 saturated carbocycles. The molecule has 2 nitrogen and oxygen atoms in total. The molecule has 30 heavy (non-hydrogen) atoms. The van der Waals surface area contributed by atoms with Gasteiger partial charge >= 0.3 is 5.97 Å². The van der Waals surface area contributed by atoms with Crippen molar-refractivity contribution in [1.29, 1.82) is 0 Å². The summed E-state index contributed by atoms with van der Waals surface area (Å²) < 4.78 is 0. The molecule has 1 N–H and O–H groups in total. The van der Waals surface area contributed by atoms with Gasteiger partial charge in [0.2, 0.25) is 0 Å². The maximum atomic E-state index is 10.4. The van der Waals surface area contributed by atoms with Crippen LogP contribution in [0.2, 0.25) is 0 Å². The van der Waals surface area contributed by atoms with Crippen LogP contribution in [0.1, 0.15) is 135 Å². The van der Waals surface area contributed by atoms with Crippen LogP contribution in [-0.2, 0) is 4.79 Å². The number of carboxylic acids is 1. The van der Waals surface area contributed by atoms with Gasteiger partial charge in [0.25, 0.3) is 0 Å². The van der Waals surface area contributed by atoms with E-state index in [4.69, 9.17) is 5.11 Å². The van der Waals surface area contributed by atoms with E-state index in [-0.39, 0.29) is 0 Å². The molecule has 0 rings (SSSR count). The molecule has 2 heteroatoms. The average Bonchev–Trinajstić information content (AvgIpc) is 2.73. The Labute approximate surface area is 187 Å². The maximum Gasteiger partial charge on any atom is 0.303 e. The third kappa shape index (κ3) is 26.7. The summed E-state index contributed by atoms with van der Waals surface area (Å²) >= 11 is 0. The Hall–Kier alpha value is -1.31. The molecule has 0 heterocycles. The van der Waals surface area contributed by atoms with Gasteiger partial charge in [-0.1, -0.05) is 101 Å². The zero-order valence-corrected chi connectivity index (χ0v) is 20.0. The van der Waals surface area contributed by atoms with Gasteiger partial charge in [0.1, 0.15) is 0 Å². The Bertz CT molecular complexity index is 434. The normalized spacial score (nSPS) is 12.0. The summed E-state index contributed by atoms with van der Waals surface area (Å²) in [5.74, 6) is -0.663. The van der Waals surface area contributed by atoms with Gasteiger partial charge in [-0.05, 0) is 64.2 Å². The quantitative estimate of drug-likeness (QED) is 0.132. The molecule has 0 amide bonds. The minimum atomic E-state index is -0.663. The summed E-state index contributed by atoms with van der Waals surface area (Å²) in [6, 6.07) is 0. The number of aliphatic carboxylic acids is 1. The van der Waals surface area contributed by atoms with Crippen molar-refractivity contribution < 1.29 is 9.90 Å². The summed E-state index contributed by atoms with van der Waals surface area (Å²) in [6.07, 6.45) is 38.1. The Kier molecular flexibility index (Phi) is 24.6. The fraction of sp³-hybridized carbons (Fsp3) is 0.750. The van der Waals surface area contributed by atoms with Gasteiger partial charge < -0.3 is 5.11 Å². The Morgan fingerprint density at radius 1 is 0.533 bits per heavy atom. The van der Waals surface area contributed by atoms with Crippen molar-refractivity contribution in [3.63, 3.8) is 0 Å². The van der Waals surface area contributed by atoms with E-state index in [0.29, 0.717) is 6.42 Å². The number of hydrogen-bond acceptors (Lipinski definition) is 1. The highest BCUT2D eigenvalue weighted by atomic mass is 16.4. The van der Waals surface area contributed by atoms with Crippen LogP contribution >= 0.6 is 0 Å². The molecule has 0 aliphatic carbocycles. The second kappa shape index (κ2) is 25.7. The standard InChI is InChI=1S/C28H50O2/c1-2-3-4-5-6-7-8-9-10-11-12-13-14-15-16-17-18-19-20-21-22-23-24-25-26-27-28(29)30/h6-7,9-10,18-19H,2-5,8,11-17,20-27H2,1H3,(H,29,30)/b7-6+,10-9+,19-18+. The zero-order valence-electron chi connectivity index (χ0n) is 20.0. The van der Waals surface area contributed by atoms with Gasteiger partial charge in [-0.3, -0.25) is 4.79 Å². The number of carboxylic acid groups (broad SMARTS) is 1. The second-order valence-corrected chi connectivity index (χ2v) is 8.54. The highest BCUT2D eigenvalue weighted by Crippen LogP contribution is 2.11. The number of hydrogen-bond donors (Lipinski definition) is 1. The van der Waals surface area contributed by atoms with E-state index in [1.807, 2.05) is 0 Å². The van der Waals surface area contributed by atoms with Crippen LogP contribution in [0, 0.1) is 0 Å². The minimum absolute atomic E-state index is 0.330. The molecule has 0 radical (unpaired) electrons. The van der Waals surface area contributed by atoms with Gasteiger partial charge in [0.05, 0.1) is 0 Å². The Morgan fingerprint density at radius 2 is 0.900 bits per heavy atom. The predicted molar refractivity (Wildman–Crippen MR) is 133 cm³/mol. The molecule has 0 unspecified atom stereocenters. The molecule has 0 aromatic carbocycles. The van der Waals surface area contributed by atoms with E-state index in [9.17, 15) is 4.79 Å². The van der Waals surface area contributed by atoms with Gasteiger partial charge in [-0.2, -0.15) is 0 Å². The number of rotatable bonds is 23. The lowest BCUT2D eigenvalue weighted by molar-refractivity contribution is -0.137. The molecule has 0 aliphatic heterocycles. The summed E-state index contributed by atoms with van der Waals surface area (Å²) in [6.45, 7) is 2.26. The SMILES string of the molecule is CCCCC/C=C/C/C=C/CCCCCCC/C=C/CCCCCCCCC(=O)O. The fourth-order valence-electron chi connectivity index (χ4n) is 3.55. The number of allylic oxidation sites excluding steroid dienone is 6. The molecule has 0 aliphatic rings. The smallest absolute Gasteiger partial charge is 0.303 e. The van der Waals surface area contributed by atoms with E-state index < -0.39 is 5.97 Å². The van der Waals surface area contributed by atoms with Crippen molar-refractivity contribution in [3.8, 4) is 0 Å². The first-order valence-electron chi connectivity index (χ1n) is 12.9. The molecular weight excluding hydrogens is 368 g/mol. The van der Waals surface area contributed by atoms with Crippen molar-refractivity contribution in [1.82, 2.24) is 0 Å². The van der Waals surface area contributed by atoms with Crippen molar-refractivity contribution >= 4 is 5.97 Å². The van der Waals surface area contributed by atoms with Gasteiger partial charge in [-0.15, -0.1) is 0 Å². The third-order valence-corrected chi connectivity index (χ3v) is 5.50. The molecule has 0 saturated heterocycles. The fourth-order valence-corrected chi connectivity index (χ4v) is 3.55. The van der Waals surface area contributed by atoms with Crippen LogP contribution in [0.25, 0.3) is 0 Å². The molecule has 0 aromatic heterocycles. The Morgan fingerprint density at radius 3 is 1.33 bits per heavy atom. The van der Waals surface area contributed by atoms with Crippen molar-refractivity contribution in [2.75, 3.05) is 0 Å². The van der Waals surface area contributed by atoms with Crippen LogP contribution < -0.4 is 0 Å². The van der Waals surface area contributed by atoms with Crippen LogP contribution in [0.4, 0.5) is 0 Å². The van der Waals surface area contributed by atoms with Crippen molar-refractivity contribution in [3.05, 3.63) is 36.5 Å². The molecule has 0 bridgehead atoms. The van der Waals surface area contributed by atoms with Crippen LogP contribution in [0.3, 0.4) is 0 Å². The molecular formula is C28H50O2. The van der Waals surface area contributed by atoms with Crippen molar-refractivity contribution in [2.24, 2.45) is 0 Å². The first kappa shape index (κ1) is 28.7. The van der Waals surface area contributed by atoms with Gasteiger partial charge in [-0.25, -0.2) is 0 Å². The van der Waals surface area contributed by atoms with E-state index in [2.05, 4.69) is 43.4 Å². The first-order chi connectivity index (χ1) is 14.8. The Balaban J connectivity index is 3.19. The first-order valence-corrected chi connectivity index (χ1v) is 12.9. The summed E-state index contributed by atoms with van der Waals surface area (Å²) in [4.78, 5) is 10.4. The third-order valence-electron chi connectivity index (χ3n) is 5.50. The lowest BCUT2D eigenvalue weighted by Crippen LogP contribution is -1.93. The molecule has 0 fully saturated rings. The average molecular weight is 419 g/mol. The zero-order chi connectivity index (χ0) is 22.0. The maximum absolute atomic E-state index is 10.4. The van der Waals surface area contributed by atoms with Crippen LogP contribution in [0.15, 0.2) is 36.5 Å². The minimum Gasteiger partial charge on any atom is -0.481 e. The van der Waals surface area contributed by atoms with Gasteiger partial charge in [0.15, 0.2) is 0 Å². The lowest BCUT2D eigenvalue weighted by Gasteiger charge is -2.00. The topological polar surface area (TPSA) is 37.3 Å². The number of unbranched alkanes of at least 4 members (excludes halogenated alkanes) is 15.